The second-order valence-electron chi connectivity index (χ2n) is 8.16. The van der Waals surface area contributed by atoms with Crippen LogP contribution in [0.1, 0.15) is 28.0 Å². The van der Waals surface area contributed by atoms with Gasteiger partial charge in [-0.2, -0.15) is 5.10 Å². The van der Waals surface area contributed by atoms with Crippen molar-refractivity contribution in [3.8, 4) is 0 Å². The van der Waals surface area contributed by atoms with E-state index >= 15 is 0 Å². The van der Waals surface area contributed by atoms with Gasteiger partial charge in [0.25, 0.3) is 11.5 Å². The molecule has 1 fully saturated rings. The quantitative estimate of drug-likeness (QED) is 0.455. The molecule has 34 heavy (non-hydrogen) atoms. The van der Waals surface area contributed by atoms with Crippen molar-refractivity contribution in [1.29, 1.82) is 0 Å². The number of likely N-dealkylation sites (tertiary alicyclic amines) is 1. The zero-order chi connectivity index (χ0) is 23.7. The number of carbonyl (C=O) groups is 1. The van der Waals surface area contributed by atoms with E-state index in [0.29, 0.717) is 48.0 Å². The van der Waals surface area contributed by atoms with E-state index in [4.69, 9.17) is 11.6 Å². The van der Waals surface area contributed by atoms with Gasteiger partial charge in [0.05, 0.1) is 16.6 Å². The summed E-state index contributed by atoms with van der Waals surface area (Å²) in [5, 5.41) is 19.2. The van der Waals surface area contributed by atoms with Crippen LogP contribution < -0.4 is 10.9 Å². The van der Waals surface area contributed by atoms with Gasteiger partial charge in [-0.1, -0.05) is 35.9 Å². The molecule has 172 valence electrons. The van der Waals surface area contributed by atoms with Crippen molar-refractivity contribution in [3.05, 3.63) is 92.7 Å². The first-order chi connectivity index (χ1) is 16.5. The summed E-state index contributed by atoms with van der Waals surface area (Å²) in [7, 11) is 0. The van der Waals surface area contributed by atoms with E-state index < -0.39 is 5.82 Å². The fraction of sp³-hybridized carbons (Fsp3) is 0.208. The van der Waals surface area contributed by atoms with Crippen molar-refractivity contribution in [2.45, 2.75) is 18.9 Å². The molecule has 0 saturated carbocycles. The van der Waals surface area contributed by atoms with E-state index in [-0.39, 0.29) is 23.1 Å². The number of fused-ring (bicyclic) bond motifs is 1. The first kappa shape index (κ1) is 22.0. The monoisotopic (exact) mass is 478 g/mol. The minimum Gasteiger partial charge on any atom is -0.364 e. The average Bonchev–Trinajstić information content (AvgIpc) is 3.32. The minimum atomic E-state index is -0.576. The van der Waals surface area contributed by atoms with Crippen molar-refractivity contribution in [2.24, 2.45) is 0 Å². The molecule has 2 aromatic carbocycles. The van der Waals surface area contributed by atoms with Gasteiger partial charge >= 0.3 is 0 Å². The maximum absolute atomic E-state index is 14.6. The van der Waals surface area contributed by atoms with Crippen LogP contribution in [0.2, 0.25) is 5.15 Å². The van der Waals surface area contributed by atoms with Crippen molar-refractivity contribution < 1.29 is 9.18 Å². The summed E-state index contributed by atoms with van der Waals surface area (Å²) < 4.78 is 14.6. The molecule has 0 spiro atoms. The van der Waals surface area contributed by atoms with Crippen LogP contribution in [0.3, 0.4) is 0 Å². The topological polar surface area (TPSA) is 104 Å². The number of benzene rings is 2. The van der Waals surface area contributed by atoms with Gasteiger partial charge in [0, 0.05) is 30.9 Å². The van der Waals surface area contributed by atoms with Gasteiger partial charge in [-0.25, -0.2) is 9.49 Å². The normalized spacial score (nSPS) is 15.6. The molecule has 3 heterocycles. The Kier molecular flexibility index (Phi) is 5.93. The largest absolute Gasteiger partial charge is 0.364 e. The number of aromatic nitrogens is 4. The molecule has 1 atom stereocenters. The molecular weight excluding hydrogens is 459 g/mol. The molecule has 2 N–H and O–H groups in total. The molecule has 0 aliphatic carbocycles. The standard InChI is InChI=1S/C24H20ClFN6O2/c25-21-7-8-22(30-29-21)27-15-9-10-32(13-15)24(34)18-11-14(5-6-19(18)26)12-20-16-3-1-2-4-17(16)23(33)31-28-20/h1-8,11,15H,9-10,12-13H2,(H,27,30)(H,31,33). The number of rotatable bonds is 5. The number of nitrogens with one attached hydrogen (secondary N) is 2. The lowest BCUT2D eigenvalue weighted by Gasteiger charge is -2.18. The Balaban J connectivity index is 1.33. The number of nitrogens with zero attached hydrogens (tertiary/aromatic N) is 4. The molecule has 1 amide bonds. The molecule has 1 aliphatic rings. The SMILES string of the molecule is O=C(c1cc(Cc2n[nH]c(=O)c3ccccc23)ccc1F)N1CCC(Nc2ccc(Cl)nn2)C1. The van der Waals surface area contributed by atoms with Gasteiger partial charge in [-0.15, -0.1) is 10.2 Å². The summed E-state index contributed by atoms with van der Waals surface area (Å²) in [4.78, 5) is 26.8. The van der Waals surface area contributed by atoms with Gasteiger partial charge in [-0.05, 0) is 42.3 Å². The van der Waals surface area contributed by atoms with Gasteiger partial charge in [0.15, 0.2) is 5.15 Å². The lowest BCUT2D eigenvalue weighted by Crippen LogP contribution is -2.32. The van der Waals surface area contributed by atoms with Gasteiger partial charge in [0.1, 0.15) is 11.6 Å². The fourth-order valence-corrected chi connectivity index (χ4v) is 4.28. The molecule has 1 aliphatic heterocycles. The van der Waals surface area contributed by atoms with Crippen LogP contribution in [0.5, 0.6) is 0 Å². The average molecular weight is 479 g/mol. The highest BCUT2D eigenvalue weighted by Gasteiger charge is 2.29. The second-order valence-corrected chi connectivity index (χ2v) is 8.55. The lowest BCUT2D eigenvalue weighted by atomic mass is 10.0. The Labute approximate surface area is 198 Å². The Hall–Kier alpha value is -3.85. The third-order valence-electron chi connectivity index (χ3n) is 5.87. The first-order valence-corrected chi connectivity index (χ1v) is 11.2. The van der Waals surface area contributed by atoms with E-state index in [1.54, 1.807) is 41.3 Å². The van der Waals surface area contributed by atoms with E-state index in [0.717, 1.165) is 10.9 Å². The number of hydrogen-bond acceptors (Lipinski definition) is 6. The summed E-state index contributed by atoms with van der Waals surface area (Å²) in [6, 6.07) is 15.0. The van der Waals surface area contributed by atoms with Crippen LogP contribution in [0.4, 0.5) is 10.2 Å². The summed E-state index contributed by atoms with van der Waals surface area (Å²) in [5.74, 6) is -0.379. The molecule has 2 aromatic heterocycles. The maximum atomic E-state index is 14.6. The number of amides is 1. The first-order valence-electron chi connectivity index (χ1n) is 10.8. The Bertz CT molecular complexity index is 1430. The molecule has 8 nitrogen and oxygen atoms in total. The molecule has 1 saturated heterocycles. The molecule has 1 unspecified atom stereocenters. The molecule has 5 rings (SSSR count). The molecule has 4 aromatic rings. The molecule has 10 heteroatoms. The minimum absolute atomic E-state index is 0.0122. The van der Waals surface area contributed by atoms with Gasteiger partial charge < -0.3 is 10.2 Å². The van der Waals surface area contributed by atoms with Crippen molar-refractivity contribution in [1.82, 2.24) is 25.3 Å². The second kappa shape index (κ2) is 9.18. The lowest BCUT2D eigenvalue weighted by molar-refractivity contribution is 0.0787. The number of H-pyrrole nitrogens is 1. The van der Waals surface area contributed by atoms with Crippen molar-refractivity contribution in [2.75, 3.05) is 18.4 Å². The van der Waals surface area contributed by atoms with Gasteiger partial charge in [-0.3, -0.25) is 9.59 Å². The van der Waals surface area contributed by atoms with E-state index in [1.807, 2.05) is 12.1 Å². The van der Waals surface area contributed by atoms with Crippen LogP contribution in [-0.2, 0) is 6.42 Å². The van der Waals surface area contributed by atoms with Crippen LogP contribution >= 0.6 is 11.6 Å². The summed E-state index contributed by atoms with van der Waals surface area (Å²) in [5.41, 5.74) is 1.11. The highest BCUT2D eigenvalue weighted by Crippen LogP contribution is 2.22. The van der Waals surface area contributed by atoms with Crippen LogP contribution in [0, 0.1) is 5.82 Å². The van der Waals surface area contributed by atoms with E-state index in [9.17, 15) is 14.0 Å². The maximum Gasteiger partial charge on any atom is 0.272 e. The summed E-state index contributed by atoms with van der Waals surface area (Å²) >= 11 is 5.77. The highest BCUT2D eigenvalue weighted by atomic mass is 35.5. The third kappa shape index (κ3) is 4.47. The smallest absolute Gasteiger partial charge is 0.272 e. The number of anilines is 1. The van der Waals surface area contributed by atoms with Gasteiger partial charge in [0.2, 0.25) is 0 Å². The van der Waals surface area contributed by atoms with E-state index in [1.165, 1.54) is 6.07 Å². The zero-order valence-corrected chi connectivity index (χ0v) is 18.7. The Morgan fingerprint density at radius 2 is 1.97 bits per heavy atom. The predicted molar refractivity (Wildman–Crippen MR) is 127 cm³/mol. The molecule has 0 bridgehead atoms. The number of hydrogen-bond donors (Lipinski definition) is 2. The van der Waals surface area contributed by atoms with Crippen LogP contribution in [-0.4, -0.2) is 50.3 Å². The van der Waals surface area contributed by atoms with E-state index in [2.05, 4.69) is 25.7 Å². The predicted octanol–water partition coefficient (Wildman–Crippen LogP) is 3.42. The highest BCUT2D eigenvalue weighted by molar-refractivity contribution is 6.29. The Morgan fingerprint density at radius 1 is 1.15 bits per heavy atom. The fourth-order valence-electron chi connectivity index (χ4n) is 4.18. The van der Waals surface area contributed by atoms with Crippen LogP contribution in [0.25, 0.3) is 10.8 Å². The van der Waals surface area contributed by atoms with Crippen molar-refractivity contribution >= 4 is 34.1 Å². The zero-order valence-electron chi connectivity index (χ0n) is 18.0. The molecular formula is C24H20ClFN6O2. The van der Waals surface area contributed by atoms with Crippen molar-refractivity contribution in [3.63, 3.8) is 0 Å². The number of aromatic amines is 1. The Morgan fingerprint density at radius 3 is 2.76 bits per heavy atom. The third-order valence-corrected chi connectivity index (χ3v) is 6.07. The summed E-state index contributed by atoms with van der Waals surface area (Å²) in [6.07, 6.45) is 1.04. The van der Waals surface area contributed by atoms with Crippen LogP contribution in [0.15, 0.2) is 59.4 Å². The number of carbonyl (C=O) groups excluding carboxylic acids is 1. The number of halogens is 2. The summed E-state index contributed by atoms with van der Waals surface area (Å²) in [6.45, 7) is 0.909. The molecule has 0 radical (unpaired) electrons.